The SMILES string of the molecule is Cc1ccc(F)cc1C(CN)N(C)Cc1cc(Br)cs1. The lowest BCUT2D eigenvalue weighted by atomic mass is 10.00. The Bertz CT molecular complexity index is 585. The van der Waals surface area contributed by atoms with Gasteiger partial charge in [-0.25, -0.2) is 4.39 Å². The van der Waals surface area contributed by atoms with Crippen LogP contribution in [0.3, 0.4) is 0 Å². The lowest BCUT2D eigenvalue weighted by Crippen LogP contribution is -2.30. The lowest BCUT2D eigenvalue weighted by Gasteiger charge is -2.28. The van der Waals surface area contributed by atoms with Crippen molar-refractivity contribution >= 4 is 27.3 Å². The summed E-state index contributed by atoms with van der Waals surface area (Å²) >= 11 is 5.16. The van der Waals surface area contributed by atoms with Gasteiger partial charge in [-0.15, -0.1) is 11.3 Å². The Hall–Kier alpha value is -0.750. The summed E-state index contributed by atoms with van der Waals surface area (Å²) in [6.45, 7) is 3.26. The molecular formula is C15H18BrFN2S. The average Bonchev–Trinajstić information content (AvgIpc) is 2.80. The van der Waals surface area contributed by atoms with Crippen LogP contribution in [-0.4, -0.2) is 18.5 Å². The summed E-state index contributed by atoms with van der Waals surface area (Å²) in [5.74, 6) is -0.212. The highest BCUT2D eigenvalue weighted by Gasteiger charge is 2.18. The highest BCUT2D eigenvalue weighted by atomic mass is 79.9. The first kappa shape index (κ1) is 15.6. The van der Waals surface area contributed by atoms with Crippen LogP contribution in [0.4, 0.5) is 4.39 Å². The molecule has 0 aliphatic carbocycles. The number of nitrogens with two attached hydrogens (primary N) is 1. The zero-order valence-corrected chi connectivity index (χ0v) is 14.0. The van der Waals surface area contributed by atoms with Crippen LogP contribution in [0.5, 0.6) is 0 Å². The van der Waals surface area contributed by atoms with E-state index in [-0.39, 0.29) is 11.9 Å². The third-order valence-corrected chi connectivity index (χ3v) is 5.06. The van der Waals surface area contributed by atoms with Crippen LogP contribution < -0.4 is 5.73 Å². The Balaban J connectivity index is 2.20. The highest BCUT2D eigenvalue weighted by molar-refractivity contribution is 9.10. The van der Waals surface area contributed by atoms with E-state index in [1.54, 1.807) is 17.4 Å². The van der Waals surface area contributed by atoms with Gasteiger partial charge in [-0.05, 0) is 59.2 Å². The maximum absolute atomic E-state index is 13.5. The normalized spacial score (nSPS) is 12.9. The van der Waals surface area contributed by atoms with Gasteiger partial charge in [0.05, 0.1) is 0 Å². The zero-order valence-electron chi connectivity index (χ0n) is 11.6. The van der Waals surface area contributed by atoms with Crippen LogP contribution in [0, 0.1) is 12.7 Å². The van der Waals surface area contributed by atoms with Crippen LogP contribution in [0.25, 0.3) is 0 Å². The van der Waals surface area contributed by atoms with E-state index in [0.29, 0.717) is 6.54 Å². The van der Waals surface area contributed by atoms with E-state index in [0.717, 1.165) is 22.1 Å². The molecule has 1 unspecified atom stereocenters. The standard InChI is InChI=1S/C15H18BrFN2S/c1-10-3-4-12(17)6-14(10)15(7-18)19(2)8-13-5-11(16)9-20-13/h3-6,9,15H,7-8,18H2,1-2H3. The van der Waals surface area contributed by atoms with Gasteiger partial charge in [0.25, 0.3) is 0 Å². The van der Waals surface area contributed by atoms with Crippen molar-refractivity contribution in [3.05, 3.63) is 55.9 Å². The molecule has 108 valence electrons. The second-order valence-electron chi connectivity index (χ2n) is 4.90. The Labute approximate surface area is 131 Å². The molecule has 2 aromatic rings. The number of likely N-dealkylation sites (N-methyl/N-ethyl adjacent to an activating group) is 1. The molecule has 0 radical (unpaired) electrons. The second-order valence-corrected chi connectivity index (χ2v) is 6.81. The quantitative estimate of drug-likeness (QED) is 0.873. The molecule has 0 saturated heterocycles. The second kappa shape index (κ2) is 6.80. The van der Waals surface area contributed by atoms with Gasteiger partial charge in [0.15, 0.2) is 0 Å². The van der Waals surface area contributed by atoms with Gasteiger partial charge in [0, 0.05) is 33.9 Å². The van der Waals surface area contributed by atoms with E-state index in [4.69, 9.17) is 5.73 Å². The minimum Gasteiger partial charge on any atom is -0.329 e. The molecule has 1 aromatic carbocycles. The van der Waals surface area contributed by atoms with Crippen molar-refractivity contribution in [3.63, 3.8) is 0 Å². The van der Waals surface area contributed by atoms with Gasteiger partial charge >= 0.3 is 0 Å². The number of aryl methyl sites for hydroxylation is 1. The van der Waals surface area contributed by atoms with Crippen LogP contribution in [0.2, 0.25) is 0 Å². The fraction of sp³-hybridized carbons (Fsp3) is 0.333. The van der Waals surface area contributed by atoms with Crippen molar-refractivity contribution in [1.82, 2.24) is 4.90 Å². The number of thiophene rings is 1. The van der Waals surface area contributed by atoms with Crippen molar-refractivity contribution < 1.29 is 4.39 Å². The van der Waals surface area contributed by atoms with Gasteiger partial charge in [-0.1, -0.05) is 6.07 Å². The minimum absolute atomic E-state index is 0.0200. The number of hydrogen-bond donors (Lipinski definition) is 1. The smallest absolute Gasteiger partial charge is 0.123 e. The molecule has 1 heterocycles. The molecule has 5 heteroatoms. The maximum Gasteiger partial charge on any atom is 0.123 e. The Morgan fingerprint density at radius 1 is 1.40 bits per heavy atom. The summed E-state index contributed by atoms with van der Waals surface area (Å²) in [4.78, 5) is 3.42. The minimum atomic E-state index is -0.212. The molecule has 2 nitrogen and oxygen atoms in total. The Morgan fingerprint density at radius 3 is 2.75 bits per heavy atom. The van der Waals surface area contributed by atoms with Gasteiger partial charge < -0.3 is 5.73 Å². The number of rotatable bonds is 5. The van der Waals surface area contributed by atoms with Crippen LogP contribution in [0.15, 0.2) is 34.1 Å². The number of benzene rings is 1. The van der Waals surface area contributed by atoms with Crippen LogP contribution in [0.1, 0.15) is 22.0 Å². The van der Waals surface area contributed by atoms with E-state index in [1.807, 2.05) is 20.0 Å². The van der Waals surface area contributed by atoms with Gasteiger partial charge in [0.1, 0.15) is 5.82 Å². The summed E-state index contributed by atoms with van der Waals surface area (Å²) in [5, 5.41) is 2.06. The van der Waals surface area contributed by atoms with Crippen molar-refractivity contribution in [3.8, 4) is 0 Å². The first-order valence-electron chi connectivity index (χ1n) is 6.40. The van der Waals surface area contributed by atoms with Crippen LogP contribution >= 0.6 is 27.3 Å². The average molecular weight is 357 g/mol. The molecule has 0 amide bonds. The Morgan fingerprint density at radius 2 is 2.15 bits per heavy atom. The third-order valence-electron chi connectivity index (χ3n) is 3.38. The zero-order chi connectivity index (χ0) is 14.7. The number of halogens is 2. The van der Waals surface area contributed by atoms with Crippen molar-refractivity contribution in [2.75, 3.05) is 13.6 Å². The summed E-state index contributed by atoms with van der Waals surface area (Å²) in [6, 6.07) is 7.01. The number of hydrogen-bond acceptors (Lipinski definition) is 3. The van der Waals surface area contributed by atoms with Gasteiger partial charge in [0.2, 0.25) is 0 Å². The molecular weight excluding hydrogens is 339 g/mol. The summed E-state index contributed by atoms with van der Waals surface area (Å²) in [7, 11) is 2.02. The van der Waals surface area contributed by atoms with Crippen molar-refractivity contribution in [2.24, 2.45) is 5.73 Å². The molecule has 1 aromatic heterocycles. The first-order chi connectivity index (χ1) is 9.51. The predicted molar refractivity (Wildman–Crippen MR) is 86.4 cm³/mol. The van der Waals surface area contributed by atoms with E-state index in [1.165, 1.54) is 10.9 Å². The molecule has 0 aliphatic rings. The molecule has 0 fully saturated rings. The third kappa shape index (κ3) is 3.67. The topological polar surface area (TPSA) is 29.3 Å². The fourth-order valence-corrected chi connectivity index (χ4v) is 3.82. The number of nitrogens with zero attached hydrogens (tertiary/aromatic N) is 1. The molecule has 20 heavy (non-hydrogen) atoms. The van der Waals surface area contributed by atoms with Gasteiger partial charge in [-0.2, -0.15) is 0 Å². The molecule has 0 spiro atoms. The summed E-state index contributed by atoms with van der Waals surface area (Å²) in [5.41, 5.74) is 7.95. The molecule has 2 rings (SSSR count). The fourth-order valence-electron chi connectivity index (χ4n) is 2.31. The van der Waals surface area contributed by atoms with E-state index >= 15 is 0 Å². The molecule has 0 aliphatic heterocycles. The van der Waals surface area contributed by atoms with E-state index in [2.05, 4.69) is 32.3 Å². The van der Waals surface area contributed by atoms with Crippen LogP contribution in [-0.2, 0) is 6.54 Å². The van der Waals surface area contributed by atoms with Crippen molar-refractivity contribution in [2.45, 2.75) is 19.5 Å². The van der Waals surface area contributed by atoms with Crippen molar-refractivity contribution in [1.29, 1.82) is 0 Å². The van der Waals surface area contributed by atoms with E-state index in [9.17, 15) is 4.39 Å². The summed E-state index contributed by atoms with van der Waals surface area (Å²) < 4.78 is 14.6. The first-order valence-corrected chi connectivity index (χ1v) is 8.07. The monoisotopic (exact) mass is 356 g/mol. The largest absolute Gasteiger partial charge is 0.329 e. The predicted octanol–water partition coefficient (Wildman–Crippen LogP) is 4.09. The maximum atomic E-state index is 13.5. The molecule has 0 bridgehead atoms. The van der Waals surface area contributed by atoms with E-state index < -0.39 is 0 Å². The molecule has 0 saturated carbocycles. The lowest BCUT2D eigenvalue weighted by molar-refractivity contribution is 0.242. The highest BCUT2D eigenvalue weighted by Crippen LogP contribution is 2.27. The Kier molecular flexibility index (Phi) is 5.32. The summed E-state index contributed by atoms with van der Waals surface area (Å²) in [6.07, 6.45) is 0. The van der Waals surface area contributed by atoms with Gasteiger partial charge in [-0.3, -0.25) is 4.90 Å². The molecule has 2 N–H and O–H groups in total. The molecule has 1 atom stereocenters.